The van der Waals surface area contributed by atoms with Crippen LogP contribution in [-0.2, 0) is 9.59 Å². The molecule has 192 valence electrons. The number of nitriles is 1. The van der Waals surface area contributed by atoms with Crippen LogP contribution in [0.25, 0.3) is 0 Å². The van der Waals surface area contributed by atoms with E-state index < -0.39 is 5.41 Å². The Labute approximate surface area is 211 Å². The molecule has 4 fully saturated rings. The molecule has 5 aliphatic rings. The van der Waals surface area contributed by atoms with Crippen molar-refractivity contribution in [2.45, 2.75) is 99.8 Å². The van der Waals surface area contributed by atoms with Crippen LogP contribution in [0.3, 0.4) is 0 Å². The third-order valence-electron chi connectivity index (χ3n) is 13.0. The van der Waals surface area contributed by atoms with Crippen molar-refractivity contribution in [1.82, 2.24) is 0 Å². The van der Waals surface area contributed by atoms with Gasteiger partial charge in [-0.3, -0.25) is 9.59 Å². The normalized spacial score (nSPS) is 50.1. The molecule has 0 amide bonds. The maximum absolute atomic E-state index is 14.3. The van der Waals surface area contributed by atoms with Crippen molar-refractivity contribution in [3.8, 4) is 6.07 Å². The minimum Gasteiger partial charge on any atom is -0.396 e. The van der Waals surface area contributed by atoms with Crippen LogP contribution in [0.15, 0.2) is 11.6 Å². The van der Waals surface area contributed by atoms with E-state index in [0.717, 1.165) is 44.9 Å². The van der Waals surface area contributed by atoms with Gasteiger partial charge in [0.1, 0.15) is 11.9 Å². The molecule has 0 bridgehead atoms. The van der Waals surface area contributed by atoms with Crippen molar-refractivity contribution >= 4 is 11.6 Å². The first-order valence-corrected chi connectivity index (χ1v) is 13.9. The lowest BCUT2D eigenvalue weighted by atomic mass is 9.31. The Bertz CT molecular complexity index is 1050. The zero-order valence-corrected chi connectivity index (χ0v) is 23.0. The van der Waals surface area contributed by atoms with Crippen LogP contribution in [-0.4, -0.2) is 23.3 Å². The van der Waals surface area contributed by atoms with E-state index in [1.165, 1.54) is 0 Å². The van der Waals surface area contributed by atoms with Gasteiger partial charge in [-0.25, -0.2) is 0 Å². The Hall–Kier alpha value is -1.47. The van der Waals surface area contributed by atoms with Crippen LogP contribution >= 0.6 is 0 Å². The summed E-state index contributed by atoms with van der Waals surface area (Å²) in [5.74, 6) is 0.823. The molecule has 0 spiro atoms. The third-order valence-corrected chi connectivity index (χ3v) is 13.0. The summed E-state index contributed by atoms with van der Waals surface area (Å²) < 4.78 is 0. The number of fused-ring (bicyclic) bond motifs is 7. The topological polar surface area (TPSA) is 78.2 Å². The van der Waals surface area contributed by atoms with Crippen molar-refractivity contribution in [3.63, 3.8) is 0 Å². The number of nitrogens with zero attached hydrogens (tertiary/aromatic N) is 1. The van der Waals surface area contributed by atoms with Crippen molar-refractivity contribution in [2.75, 3.05) is 6.61 Å². The average molecular weight is 480 g/mol. The highest BCUT2D eigenvalue weighted by Crippen LogP contribution is 2.75. The number of allylic oxidation sites excluding steroid dienone is 2. The van der Waals surface area contributed by atoms with Gasteiger partial charge in [0.25, 0.3) is 0 Å². The molecule has 1 N–H and O–H groups in total. The summed E-state index contributed by atoms with van der Waals surface area (Å²) in [7, 11) is 0. The van der Waals surface area contributed by atoms with E-state index in [1.807, 2.05) is 19.9 Å². The summed E-state index contributed by atoms with van der Waals surface area (Å²) in [4.78, 5) is 27.5. The van der Waals surface area contributed by atoms with Gasteiger partial charge in [-0.2, -0.15) is 5.26 Å². The minimum absolute atomic E-state index is 0.0120. The van der Waals surface area contributed by atoms with Crippen LogP contribution in [0.2, 0.25) is 0 Å². The molecule has 0 aromatic rings. The van der Waals surface area contributed by atoms with Crippen LogP contribution < -0.4 is 0 Å². The summed E-state index contributed by atoms with van der Waals surface area (Å²) in [5, 5.41) is 20.5. The largest absolute Gasteiger partial charge is 0.396 e. The summed E-state index contributed by atoms with van der Waals surface area (Å²) in [6, 6.07) is 2.21. The fourth-order valence-corrected chi connectivity index (χ4v) is 10.7. The number of Topliss-reactive ketones (excluding diaryl/α,β-unsaturated/α-hetero) is 2. The SMILES string of the molecule is CC1(C)CCC2(CO)CC[C@]3(C)C(C(=O)CC4C5(C)C=C(C#N)C(=O)C(C)(C)[C@@H]5CCC43C)C2C1. The first kappa shape index (κ1) is 25.2. The van der Waals surface area contributed by atoms with Gasteiger partial charge in [0, 0.05) is 24.4 Å². The highest BCUT2D eigenvalue weighted by Gasteiger charge is 2.72. The number of rotatable bonds is 1. The molecular formula is C31H45NO3. The second kappa shape index (κ2) is 7.31. The molecule has 8 atom stereocenters. The zero-order chi connectivity index (χ0) is 25.8. The monoisotopic (exact) mass is 479 g/mol. The number of carbonyl (C=O) groups is 2. The lowest BCUT2D eigenvalue weighted by molar-refractivity contribution is -0.226. The van der Waals surface area contributed by atoms with E-state index in [0.29, 0.717) is 12.2 Å². The van der Waals surface area contributed by atoms with E-state index in [2.05, 4.69) is 40.7 Å². The Morgan fingerprint density at radius 3 is 2.23 bits per heavy atom. The van der Waals surface area contributed by atoms with Gasteiger partial charge in [0.05, 0.1) is 5.57 Å². The molecule has 0 aromatic carbocycles. The lowest BCUT2D eigenvalue weighted by Gasteiger charge is -2.72. The number of hydrogen-bond acceptors (Lipinski definition) is 4. The molecule has 5 rings (SSSR count). The summed E-state index contributed by atoms with van der Waals surface area (Å²) in [5.41, 5.74) is -0.764. The Balaban J connectivity index is 1.63. The number of aliphatic hydroxyl groups is 1. The lowest BCUT2D eigenvalue weighted by Crippen LogP contribution is -2.68. The molecule has 0 aliphatic heterocycles. The second-order valence-corrected chi connectivity index (χ2v) is 15.2. The maximum Gasteiger partial charge on any atom is 0.178 e. The molecule has 6 unspecified atom stereocenters. The smallest absolute Gasteiger partial charge is 0.178 e. The first-order chi connectivity index (χ1) is 16.1. The predicted molar refractivity (Wildman–Crippen MR) is 136 cm³/mol. The molecule has 0 saturated heterocycles. The third kappa shape index (κ3) is 3.00. The van der Waals surface area contributed by atoms with Gasteiger partial charge in [-0.15, -0.1) is 0 Å². The van der Waals surface area contributed by atoms with E-state index in [1.54, 1.807) is 0 Å². The number of ketones is 2. The molecule has 4 saturated carbocycles. The molecule has 35 heavy (non-hydrogen) atoms. The molecule has 0 heterocycles. The Morgan fingerprint density at radius 1 is 0.943 bits per heavy atom. The quantitative estimate of drug-likeness (QED) is 0.480. The van der Waals surface area contributed by atoms with Crippen molar-refractivity contribution < 1.29 is 14.7 Å². The fraction of sp³-hybridized carbons (Fsp3) is 0.839. The van der Waals surface area contributed by atoms with Gasteiger partial charge >= 0.3 is 0 Å². The second-order valence-electron chi connectivity index (χ2n) is 15.2. The van der Waals surface area contributed by atoms with Gasteiger partial charge in [-0.05, 0) is 89.8 Å². The number of carbonyl (C=O) groups excluding carboxylic acids is 2. The van der Waals surface area contributed by atoms with Crippen molar-refractivity contribution in [2.24, 2.45) is 56.2 Å². The van der Waals surface area contributed by atoms with Gasteiger partial charge in [0.15, 0.2) is 5.78 Å². The van der Waals surface area contributed by atoms with Crippen molar-refractivity contribution in [1.29, 1.82) is 5.26 Å². The fourth-order valence-electron chi connectivity index (χ4n) is 10.7. The Morgan fingerprint density at radius 2 is 1.60 bits per heavy atom. The minimum atomic E-state index is -0.595. The van der Waals surface area contributed by atoms with E-state index >= 15 is 0 Å². The predicted octanol–water partition coefficient (Wildman–Crippen LogP) is 6.28. The molecule has 4 heteroatoms. The molecule has 5 aliphatic carbocycles. The average Bonchev–Trinajstić information content (AvgIpc) is 2.77. The van der Waals surface area contributed by atoms with E-state index in [9.17, 15) is 20.0 Å². The van der Waals surface area contributed by atoms with Crippen LogP contribution in [0.5, 0.6) is 0 Å². The maximum atomic E-state index is 14.3. The summed E-state index contributed by atoms with van der Waals surface area (Å²) >= 11 is 0. The van der Waals surface area contributed by atoms with E-state index in [-0.39, 0.29) is 68.7 Å². The highest BCUT2D eigenvalue weighted by atomic mass is 16.3. The molecule has 0 radical (unpaired) electrons. The van der Waals surface area contributed by atoms with Gasteiger partial charge in [-0.1, -0.05) is 54.5 Å². The number of aliphatic hydroxyl groups excluding tert-OH is 1. The van der Waals surface area contributed by atoms with Crippen LogP contribution in [0.1, 0.15) is 99.8 Å². The summed E-state index contributed by atoms with van der Waals surface area (Å²) in [6.45, 7) is 16.0. The summed E-state index contributed by atoms with van der Waals surface area (Å²) in [6.07, 6.45) is 9.61. The van der Waals surface area contributed by atoms with Crippen LogP contribution in [0.4, 0.5) is 0 Å². The standard InChI is InChI=1S/C31H45NO3/c1-26(2)10-12-31(18-33)13-11-30(7)24(20(31)16-26)21(34)14-23-28(5)15-19(17-32)25(35)27(3,4)22(28)8-9-29(23,30)6/h15,20,22-24,33H,8-14,16,18H2,1-7H3/t20?,22-,23?,24?,28?,29?,30+,31?/m0/s1. The zero-order valence-electron chi connectivity index (χ0n) is 23.0. The number of hydrogen-bond donors (Lipinski definition) is 1. The molecule has 0 aromatic heterocycles. The van der Waals surface area contributed by atoms with E-state index in [4.69, 9.17) is 0 Å². The molecule has 4 nitrogen and oxygen atoms in total. The Kier molecular flexibility index (Phi) is 5.26. The van der Waals surface area contributed by atoms with Gasteiger partial charge in [0.2, 0.25) is 0 Å². The molecular weight excluding hydrogens is 434 g/mol. The highest BCUT2D eigenvalue weighted by molar-refractivity contribution is 6.04. The first-order valence-electron chi connectivity index (χ1n) is 13.9. The van der Waals surface area contributed by atoms with Crippen molar-refractivity contribution in [3.05, 3.63) is 11.6 Å². The van der Waals surface area contributed by atoms with Crippen LogP contribution in [0, 0.1) is 67.5 Å². The van der Waals surface area contributed by atoms with Gasteiger partial charge < -0.3 is 5.11 Å².